The minimum atomic E-state index is -3.05. The number of hydrogen-bond acceptors (Lipinski definition) is 2. The van der Waals surface area contributed by atoms with Gasteiger partial charge in [-0.05, 0) is 50.9 Å². The third-order valence-electron chi connectivity index (χ3n) is 3.58. The second-order valence-electron chi connectivity index (χ2n) is 5.05. The zero-order valence-corrected chi connectivity index (χ0v) is 9.73. The highest BCUT2D eigenvalue weighted by Gasteiger charge is 2.53. The molecule has 2 aliphatic rings. The summed E-state index contributed by atoms with van der Waals surface area (Å²) < 4.78 is 25.8. The predicted molar refractivity (Wildman–Crippen MR) is 56.4 cm³/mol. The maximum absolute atomic E-state index is 11.5. The molecule has 4 heteroatoms. The summed E-state index contributed by atoms with van der Waals surface area (Å²) in [6.07, 6.45) is 5.06. The van der Waals surface area contributed by atoms with E-state index in [1.54, 1.807) is 13.8 Å². The van der Waals surface area contributed by atoms with Gasteiger partial charge in [0.25, 0.3) is 0 Å². The Morgan fingerprint density at radius 2 is 1.93 bits per heavy atom. The summed E-state index contributed by atoms with van der Waals surface area (Å²) in [5, 5.41) is -0.308. The molecule has 0 unspecified atom stereocenters. The number of hydrogen-bond donors (Lipinski definition) is 1. The first-order chi connectivity index (χ1) is 6.46. The Morgan fingerprint density at radius 1 is 1.36 bits per heavy atom. The minimum absolute atomic E-state index is 0.308. The molecule has 0 aromatic heterocycles. The van der Waals surface area contributed by atoms with Gasteiger partial charge in [0.2, 0.25) is 10.0 Å². The lowest BCUT2D eigenvalue weighted by atomic mass is 10.0. The van der Waals surface area contributed by atoms with Crippen molar-refractivity contribution in [1.29, 1.82) is 0 Å². The van der Waals surface area contributed by atoms with Gasteiger partial charge in [0, 0.05) is 6.54 Å². The highest BCUT2D eigenvalue weighted by atomic mass is 32.2. The van der Waals surface area contributed by atoms with E-state index in [0.717, 1.165) is 5.92 Å². The maximum Gasteiger partial charge on any atom is 0.213 e. The Morgan fingerprint density at radius 3 is 2.29 bits per heavy atom. The summed E-state index contributed by atoms with van der Waals surface area (Å²) in [5.41, 5.74) is 0.363. The highest BCUT2D eigenvalue weighted by Crippen LogP contribution is 2.60. The van der Waals surface area contributed by atoms with Gasteiger partial charge in [-0.3, -0.25) is 0 Å². The molecule has 0 radical (unpaired) electrons. The van der Waals surface area contributed by atoms with E-state index in [0.29, 0.717) is 12.0 Å². The molecule has 0 bridgehead atoms. The lowest BCUT2D eigenvalue weighted by Gasteiger charge is -2.16. The van der Waals surface area contributed by atoms with Crippen LogP contribution in [0.1, 0.15) is 39.5 Å². The lowest BCUT2D eigenvalue weighted by molar-refractivity contribution is 0.431. The fourth-order valence-electron chi connectivity index (χ4n) is 2.00. The molecule has 0 aromatic rings. The van der Waals surface area contributed by atoms with Crippen LogP contribution in [-0.4, -0.2) is 20.2 Å². The van der Waals surface area contributed by atoms with E-state index < -0.39 is 10.0 Å². The average Bonchev–Trinajstić information content (AvgIpc) is 2.94. The summed E-state index contributed by atoms with van der Waals surface area (Å²) >= 11 is 0. The molecule has 0 heterocycles. The van der Waals surface area contributed by atoms with Crippen molar-refractivity contribution in [2.24, 2.45) is 11.3 Å². The van der Waals surface area contributed by atoms with E-state index >= 15 is 0 Å². The number of rotatable bonds is 5. The van der Waals surface area contributed by atoms with Crippen molar-refractivity contribution in [2.45, 2.75) is 44.8 Å². The molecule has 14 heavy (non-hydrogen) atoms. The van der Waals surface area contributed by atoms with Gasteiger partial charge in [0.1, 0.15) is 0 Å². The normalized spacial score (nSPS) is 25.4. The van der Waals surface area contributed by atoms with E-state index in [1.165, 1.54) is 25.7 Å². The summed E-state index contributed by atoms with van der Waals surface area (Å²) in [5.74, 6) is 0.817. The molecule has 2 aliphatic carbocycles. The molecule has 2 fully saturated rings. The molecule has 2 saturated carbocycles. The van der Waals surface area contributed by atoms with Gasteiger partial charge in [-0.2, -0.15) is 0 Å². The van der Waals surface area contributed by atoms with Crippen LogP contribution < -0.4 is 4.72 Å². The smallest absolute Gasteiger partial charge is 0.213 e. The molecule has 0 amide bonds. The van der Waals surface area contributed by atoms with Crippen molar-refractivity contribution in [2.75, 3.05) is 6.54 Å². The van der Waals surface area contributed by atoms with Gasteiger partial charge < -0.3 is 0 Å². The molecule has 82 valence electrons. The fourth-order valence-corrected chi connectivity index (χ4v) is 2.82. The molecule has 1 N–H and O–H groups in total. The summed E-state index contributed by atoms with van der Waals surface area (Å²) in [6.45, 7) is 4.12. The van der Waals surface area contributed by atoms with Crippen LogP contribution in [0.25, 0.3) is 0 Å². The summed E-state index contributed by atoms with van der Waals surface area (Å²) in [4.78, 5) is 0. The van der Waals surface area contributed by atoms with E-state index in [2.05, 4.69) is 4.72 Å². The van der Waals surface area contributed by atoms with Gasteiger partial charge in [-0.25, -0.2) is 13.1 Å². The second kappa shape index (κ2) is 3.20. The highest BCUT2D eigenvalue weighted by molar-refractivity contribution is 7.90. The van der Waals surface area contributed by atoms with E-state index in [9.17, 15) is 8.42 Å². The molecule has 0 aromatic carbocycles. The van der Waals surface area contributed by atoms with Crippen LogP contribution in [0.4, 0.5) is 0 Å². The number of sulfonamides is 1. The Labute approximate surface area is 86.3 Å². The maximum atomic E-state index is 11.5. The molecular formula is C10H19NO2S. The second-order valence-corrected chi connectivity index (χ2v) is 7.37. The van der Waals surface area contributed by atoms with Crippen LogP contribution >= 0.6 is 0 Å². The molecule has 0 aliphatic heterocycles. The van der Waals surface area contributed by atoms with Gasteiger partial charge in [0.05, 0.1) is 5.25 Å². The third-order valence-corrected chi connectivity index (χ3v) is 5.37. The van der Waals surface area contributed by atoms with Gasteiger partial charge >= 0.3 is 0 Å². The first-order valence-electron chi connectivity index (χ1n) is 5.45. The van der Waals surface area contributed by atoms with Crippen molar-refractivity contribution in [3.05, 3.63) is 0 Å². The molecule has 3 nitrogen and oxygen atoms in total. The SMILES string of the molecule is CC(C)S(=O)(=O)NCC1(C2CC2)CC1. The van der Waals surface area contributed by atoms with Crippen LogP contribution in [0, 0.1) is 11.3 Å². The molecule has 0 saturated heterocycles. The van der Waals surface area contributed by atoms with E-state index in [-0.39, 0.29) is 5.25 Å². The minimum Gasteiger partial charge on any atom is -0.214 e. The zero-order valence-electron chi connectivity index (χ0n) is 8.91. The van der Waals surface area contributed by atoms with Gasteiger partial charge in [-0.15, -0.1) is 0 Å². The number of nitrogens with one attached hydrogen (secondary N) is 1. The Bertz CT molecular complexity index is 313. The predicted octanol–water partition coefficient (Wildman–Crippen LogP) is 1.50. The molecule has 0 spiro atoms. The van der Waals surface area contributed by atoms with Crippen LogP contribution in [0.15, 0.2) is 0 Å². The summed E-state index contributed by atoms with van der Waals surface area (Å²) in [7, 11) is -3.05. The Balaban J connectivity index is 1.88. The van der Waals surface area contributed by atoms with Gasteiger partial charge in [-0.1, -0.05) is 0 Å². The Hall–Kier alpha value is -0.0900. The molecule has 0 atom stereocenters. The monoisotopic (exact) mass is 217 g/mol. The topological polar surface area (TPSA) is 46.2 Å². The van der Waals surface area contributed by atoms with Crippen molar-refractivity contribution in [1.82, 2.24) is 4.72 Å². The lowest BCUT2D eigenvalue weighted by Crippen LogP contribution is -2.35. The quantitative estimate of drug-likeness (QED) is 0.758. The van der Waals surface area contributed by atoms with Crippen molar-refractivity contribution in [3.63, 3.8) is 0 Å². The van der Waals surface area contributed by atoms with Crippen LogP contribution in [0.3, 0.4) is 0 Å². The van der Waals surface area contributed by atoms with Crippen molar-refractivity contribution < 1.29 is 8.42 Å². The first-order valence-corrected chi connectivity index (χ1v) is 6.99. The molecule has 2 rings (SSSR count). The largest absolute Gasteiger partial charge is 0.214 e. The fraction of sp³-hybridized carbons (Fsp3) is 1.00. The standard InChI is InChI=1S/C10H19NO2S/c1-8(2)14(12,13)11-7-10(5-6-10)9-3-4-9/h8-9,11H,3-7H2,1-2H3. The zero-order chi connectivity index (χ0) is 10.4. The summed E-state index contributed by atoms with van der Waals surface area (Å²) in [6, 6.07) is 0. The third kappa shape index (κ3) is 1.96. The van der Waals surface area contributed by atoms with Crippen LogP contribution in [0.5, 0.6) is 0 Å². The van der Waals surface area contributed by atoms with Crippen LogP contribution in [-0.2, 0) is 10.0 Å². The van der Waals surface area contributed by atoms with Crippen molar-refractivity contribution >= 4 is 10.0 Å². The van der Waals surface area contributed by atoms with E-state index in [4.69, 9.17) is 0 Å². The molecular weight excluding hydrogens is 198 g/mol. The van der Waals surface area contributed by atoms with Crippen LogP contribution in [0.2, 0.25) is 0 Å². The van der Waals surface area contributed by atoms with E-state index in [1.807, 2.05) is 0 Å². The van der Waals surface area contributed by atoms with Gasteiger partial charge in [0.15, 0.2) is 0 Å². The first kappa shape index (κ1) is 10.4. The average molecular weight is 217 g/mol. The van der Waals surface area contributed by atoms with Crippen molar-refractivity contribution in [3.8, 4) is 0 Å². The Kier molecular flexibility index (Phi) is 2.39.